The number of fused-ring (bicyclic) bond motifs is 1. The van der Waals surface area contributed by atoms with Gasteiger partial charge in [0.15, 0.2) is 0 Å². The van der Waals surface area contributed by atoms with Crippen molar-refractivity contribution in [3.63, 3.8) is 0 Å². The standard InChI is InChI=1S/C20H20FN3O2/c1-14-12-15-6-2-4-8-17(15)24(14)19(25)13-22-10-11-23(20(22)26)18-9-5-3-7-16(18)21/h2-9,14H,10-13H2,1H3. The number of para-hydroxylation sites is 2. The third-order valence-corrected chi connectivity index (χ3v) is 5.04. The lowest BCUT2D eigenvalue weighted by molar-refractivity contribution is -0.119. The van der Waals surface area contributed by atoms with Gasteiger partial charge in [0.1, 0.15) is 12.4 Å². The molecular weight excluding hydrogens is 333 g/mol. The van der Waals surface area contributed by atoms with Crippen molar-refractivity contribution in [2.75, 3.05) is 29.4 Å². The van der Waals surface area contributed by atoms with E-state index in [1.807, 2.05) is 31.2 Å². The summed E-state index contributed by atoms with van der Waals surface area (Å²) in [6.45, 7) is 2.79. The summed E-state index contributed by atoms with van der Waals surface area (Å²) < 4.78 is 14.0. The van der Waals surface area contributed by atoms with Crippen LogP contribution in [-0.2, 0) is 11.2 Å². The molecule has 1 unspecified atom stereocenters. The first-order valence-electron chi connectivity index (χ1n) is 8.77. The molecule has 1 fully saturated rings. The molecule has 0 spiro atoms. The Labute approximate surface area is 151 Å². The summed E-state index contributed by atoms with van der Waals surface area (Å²) in [5.41, 5.74) is 2.32. The van der Waals surface area contributed by atoms with E-state index in [1.165, 1.54) is 15.9 Å². The number of carbonyl (C=O) groups is 2. The van der Waals surface area contributed by atoms with Crippen molar-refractivity contribution in [2.24, 2.45) is 0 Å². The topological polar surface area (TPSA) is 43.9 Å². The smallest absolute Gasteiger partial charge is 0.313 e. The molecule has 0 radical (unpaired) electrons. The monoisotopic (exact) mass is 353 g/mol. The minimum absolute atomic E-state index is 0.00244. The van der Waals surface area contributed by atoms with Crippen LogP contribution < -0.4 is 9.80 Å². The highest BCUT2D eigenvalue weighted by Crippen LogP contribution is 2.32. The summed E-state index contributed by atoms with van der Waals surface area (Å²) in [5, 5.41) is 0. The molecular formula is C20H20FN3O2. The zero-order chi connectivity index (χ0) is 18.3. The average Bonchev–Trinajstić information content (AvgIpc) is 3.15. The molecule has 2 heterocycles. The Hall–Kier alpha value is -2.89. The van der Waals surface area contributed by atoms with Gasteiger partial charge in [-0.3, -0.25) is 9.69 Å². The van der Waals surface area contributed by atoms with Crippen molar-refractivity contribution in [2.45, 2.75) is 19.4 Å². The summed E-state index contributed by atoms with van der Waals surface area (Å²) in [4.78, 5) is 30.2. The van der Waals surface area contributed by atoms with E-state index in [0.29, 0.717) is 13.1 Å². The first-order chi connectivity index (χ1) is 12.6. The first-order valence-corrected chi connectivity index (χ1v) is 8.77. The molecule has 0 N–H and O–H groups in total. The van der Waals surface area contributed by atoms with E-state index in [0.717, 1.165) is 17.7 Å². The van der Waals surface area contributed by atoms with Crippen LogP contribution in [0.5, 0.6) is 0 Å². The van der Waals surface area contributed by atoms with E-state index in [1.54, 1.807) is 23.1 Å². The Morgan fingerprint density at radius 3 is 2.54 bits per heavy atom. The SMILES string of the molecule is CC1Cc2ccccc2N1C(=O)CN1CCN(c2ccccc2F)C1=O. The van der Waals surface area contributed by atoms with Crippen molar-refractivity contribution in [1.29, 1.82) is 0 Å². The lowest BCUT2D eigenvalue weighted by atomic mass is 10.1. The molecule has 1 saturated heterocycles. The van der Waals surface area contributed by atoms with Gasteiger partial charge in [-0.05, 0) is 37.1 Å². The van der Waals surface area contributed by atoms with Gasteiger partial charge in [-0.1, -0.05) is 30.3 Å². The maximum Gasteiger partial charge on any atom is 0.325 e. The van der Waals surface area contributed by atoms with Gasteiger partial charge in [-0.15, -0.1) is 0 Å². The van der Waals surface area contributed by atoms with Crippen LogP contribution in [0.1, 0.15) is 12.5 Å². The van der Waals surface area contributed by atoms with E-state index in [-0.39, 0.29) is 30.2 Å². The van der Waals surface area contributed by atoms with Gasteiger partial charge < -0.3 is 9.80 Å². The summed E-state index contributed by atoms with van der Waals surface area (Å²) >= 11 is 0. The second kappa shape index (κ2) is 6.44. The van der Waals surface area contributed by atoms with Gasteiger partial charge in [-0.2, -0.15) is 0 Å². The number of carbonyl (C=O) groups excluding carboxylic acids is 2. The Kier molecular flexibility index (Phi) is 4.11. The van der Waals surface area contributed by atoms with E-state index < -0.39 is 5.82 Å². The number of nitrogens with zero attached hydrogens (tertiary/aromatic N) is 3. The Morgan fingerprint density at radius 1 is 1.08 bits per heavy atom. The highest BCUT2D eigenvalue weighted by Gasteiger charge is 2.36. The minimum atomic E-state index is -0.434. The molecule has 4 rings (SSSR count). The fourth-order valence-electron chi connectivity index (χ4n) is 3.81. The Morgan fingerprint density at radius 2 is 1.77 bits per heavy atom. The summed E-state index contributed by atoms with van der Waals surface area (Å²) in [5.74, 6) is -0.540. The van der Waals surface area contributed by atoms with Crippen LogP contribution in [0.4, 0.5) is 20.6 Å². The summed E-state index contributed by atoms with van der Waals surface area (Å²) in [7, 11) is 0. The van der Waals surface area contributed by atoms with Crippen LogP contribution in [-0.4, -0.2) is 42.5 Å². The normalized spacial score (nSPS) is 19.2. The second-order valence-electron chi connectivity index (χ2n) is 6.75. The molecule has 6 heteroatoms. The van der Waals surface area contributed by atoms with E-state index >= 15 is 0 Å². The molecule has 1 atom stereocenters. The lowest BCUT2D eigenvalue weighted by Crippen LogP contribution is -2.44. The fourth-order valence-corrected chi connectivity index (χ4v) is 3.81. The lowest BCUT2D eigenvalue weighted by Gasteiger charge is -2.25. The predicted molar refractivity (Wildman–Crippen MR) is 97.8 cm³/mol. The number of hydrogen-bond acceptors (Lipinski definition) is 2. The van der Waals surface area contributed by atoms with Gasteiger partial charge in [0.05, 0.1) is 5.69 Å². The van der Waals surface area contributed by atoms with Gasteiger partial charge >= 0.3 is 6.03 Å². The molecule has 0 saturated carbocycles. The average molecular weight is 353 g/mol. The fraction of sp³-hybridized carbons (Fsp3) is 0.300. The zero-order valence-electron chi connectivity index (χ0n) is 14.6. The van der Waals surface area contributed by atoms with Crippen LogP contribution >= 0.6 is 0 Å². The van der Waals surface area contributed by atoms with E-state index in [2.05, 4.69) is 0 Å². The minimum Gasteiger partial charge on any atom is -0.313 e. The maximum atomic E-state index is 14.0. The van der Waals surface area contributed by atoms with E-state index in [9.17, 15) is 14.0 Å². The Balaban J connectivity index is 1.49. The molecule has 0 aromatic heterocycles. The number of rotatable bonds is 3. The van der Waals surface area contributed by atoms with Crippen LogP contribution in [0, 0.1) is 5.82 Å². The molecule has 2 aromatic carbocycles. The van der Waals surface area contributed by atoms with Crippen LogP contribution in [0.3, 0.4) is 0 Å². The van der Waals surface area contributed by atoms with Crippen LogP contribution in [0.2, 0.25) is 0 Å². The molecule has 2 aromatic rings. The summed E-state index contributed by atoms with van der Waals surface area (Å²) in [6, 6.07) is 13.8. The third-order valence-electron chi connectivity index (χ3n) is 5.04. The van der Waals surface area contributed by atoms with Crippen molar-refractivity contribution in [1.82, 2.24) is 4.90 Å². The quantitative estimate of drug-likeness (QED) is 0.851. The number of amides is 3. The third kappa shape index (κ3) is 2.71. The molecule has 2 aliphatic rings. The van der Waals surface area contributed by atoms with Gasteiger partial charge in [0.2, 0.25) is 5.91 Å². The van der Waals surface area contributed by atoms with E-state index in [4.69, 9.17) is 0 Å². The van der Waals surface area contributed by atoms with Crippen molar-refractivity contribution in [3.8, 4) is 0 Å². The Bertz CT molecular complexity index is 870. The van der Waals surface area contributed by atoms with Crippen molar-refractivity contribution < 1.29 is 14.0 Å². The van der Waals surface area contributed by atoms with Crippen molar-refractivity contribution in [3.05, 3.63) is 59.9 Å². The number of hydrogen-bond donors (Lipinski definition) is 0. The van der Waals surface area contributed by atoms with Crippen molar-refractivity contribution >= 4 is 23.3 Å². The number of benzene rings is 2. The second-order valence-corrected chi connectivity index (χ2v) is 6.75. The van der Waals surface area contributed by atoms with Gasteiger partial charge in [0.25, 0.3) is 0 Å². The highest BCUT2D eigenvalue weighted by atomic mass is 19.1. The van der Waals surface area contributed by atoms with Crippen LogP contribution in [0.25, 0.3) is 0 Å². The number of anilines is 2. The number of urea groups is 1. The molecule has 0 aliphatic carbocycles. The van der Waals surface area contributed by atoms with Crippen LogP contribution in [0.15, 0.2) is 48.5 Å². The first kappa shape index (κ1) is 16.6. The largest absolute Gasteiger partial charge is 0.325 e. The molecule has 2 aliphatic heterocycles. The molecule has 3 amide bonds. The number of halogens is 1. The highest BCUT2D eigenvalue weighted by molar-refractivity contribution is 6.01. The molecule has 0 bridgehead atoms. The van der Waals surface area contributed by atoms with Gasteiger partial charge in [0, 0.05) is 24.8 Å². The maximum absolute atomic E-state index is 14.0. The predicted octanol–water partition coefficient (Wildman–Crippen LogP) is 3.05. The molecule has 5 nitrogen and oxygen atoms in total. The zero-order valence-corrected chi connectivity index (χ0v) is 14.6. The molecule has 26 heavy (non-hydrogen) atoms. The van der Waals surface area contributed by atoms with Gasteiger partial charge in [-0.25, -0.2) is 9.18 Å². The molecule has 134 valence electrons. The summed E-state index contributed by atoms with van der Waals surface area (Å²) in [6.07, 6.45) is 0.817.